The molecule has 3 nitrogen and oxygen atoms in total. The molecule has 2 aliphatic heterocycles. The third kappa shape index (κ3) is 3.24. The quantitative estimate of drug-likeness (QED) is 0.704. The minimum Gasteiger partial charge on any atom is -0.396 e. The van der Waals surface area contributed by atoms with Gasteiger partial charge in [0.25, 0.3) is 0 Å². The number of piperidine rings is 1. The number of nitrogens with zero attached hydrogens (tertiary/aromatic N) is 1. The van der Waals surface area contributed by atoms with E-state index in [2.05, 4.69) is 10.2 Å². The Hall–Kier alpha value is 0.460. The lowest BCUT2D eigenvalue weighted by atomic mass is 9.92. The summed E-state index contributed by atoms with van der Waals surface area (Å²) in [6, 6.07) is 0.751. The number of piperazine rings is 1. The van der Waals surface area contributed by atoms with Gasteiger partial charge < -0.3 is 10.4 Å². The van der Waals surface area contributed by atoms with Gasteiger partial charge in [-0.1, -0.05) is 0 Å². The molecule has 5 heteroatoms. The number of hydrogen-bond acceptors (Lipinski definition) is 3. The van der Waals surface area contributed by atoms with Crippen molar-refractivity contribution in [3.63, 3.8) is 0 Å². The number of aliphatic hydroxyl groups excluding tert-OH is 1. The first kappa shape index (κ1) is 14.5. The van der Waals surface area contributed by atoms with E-state index in [1.807, 2.05) is 0 Å². The third-order valence-corrected chi connectivity index (χ3v) is 3.13. The van der Waals surface area contributed by atoms with Gasteiger partial charge in [0, 0.05) is 38.8 Å². The van der Waals surface area contributed by atoms with E-state index in [1.54, 1.807) is 0 Å². The van der Waals surface area contributed by atoms with Crippen LogP contribution >= 0.6 is 24.8 Å². The zero-order chi connectivity index (χ0) is 8.39. The standard InChI is InChI=1S/C9H18N2O.2ClH/c12-7-8-1-2-9-5-10-3-4-11(9)6-8;;/h8-10,12H,1-7H2;2*1H/t8-,9+;;/m1../s1. The first-order chi connectivity index (χ1) is 5.90. The van der Waals surface area contributed by atoms with Gasteiger partial charge >= 0.3 is 0 Å². The van der Waals surface area contributed by atoms with Crippen molar-refractivity contribution < 1.29 is 5.11 Å². The van der Waals surface area contributed by atoms with Crippen LogP contribution in [0.25, 0.3) is 0 Å². The van der Waals surface area contributed by atoms with Crippen LogP contribution in [0.2, 0.25) is 0 Å². The van der Waals surface area contributed by atoms with E-state index in [4.69, 9.17) is 5.11 Å². The molecule has 86 valence electrons. The summed E-state index contributed by atoms with van der Waals surface area (Å²) in [6.45, 7) is 4.92. The maximum Gasteiger partial charge on any atom is 0.0471 e. The molecule has 0 aromatic carbocycles. The molecule has 2 saturated heterocycles. The Balaban J connectivity index is 0.000000845. The van der Waals surface area contributed by atoms with Gasteiger partial charge in [0.15, 0.2) is 0 Å². The lowest BCUT2D eigenvalue weighted by Gasteiger charge is -2.42. The second-order valence-electron chi connectivity index (χ2n) is 3.98. The molecular formula is C9H20Cl2N2O. The fourth-order valence-electron chi connectivity index (χ4n) is 2.33. The fourth-order valence-corrected chi connectivity index (χ4v) is 2.33. The van der Waals surface area contributed by atoms with Crippen molar-refractivity contribution in [2.45, 2.75) is 18.9 Å². The van der Waals surface area contributed by atoms with Gasteiger partial charge in [0.2, 0.25) is 0 Å². The minimum atomic E-state index is 0. The first-order valence-corrected chi connectivity index (χ1v) is 4.96. The first-order valence-electron chi connectivity index (χ1n) is 4.96. The second kappa shape index (κ2) is 6.85. The Morgan fingerprint density at radius 1 is 1.29 bits per heavy atom. The fraction of sp³-hybridized carbons (Fsp3) is 1.00. The third-order valence-electron chi connectivity index (χ3n) is 3.13. The summed E-state index contributed by atoms with van der Waals surface area (Å²) in [7, 11) is 0. The molecule has 0 saturated carbocycles. The maximum atomic E-state index is 9.04. The van der Waals surface area contributed by atoms with Gasteiger partial charge in [-0.15, -0.1) is 24.8 Å². The van der Waals surface area contributed by atoms with Gasteiger partial charge in [-0.3, -0.25) is 4.90 Å². The molecule has 0 spiro atoms. The van der Waals surface area contributed by atoms with E-state index in [0.29, 0.717) is 12.5 Å². The van der Waals surface area contributed by atoms with Gasteiger partial charge in [-0.05, 0) is 18.8 Å². The van der Waals surface area contributed by atoms with Crippen molar-refractivity contribution in [1.82, 2.24) is 10.2 Å². The van der Waals surface area contributed by atoms with E-state index in [0.717, 1.165) is 25.7 Å². The minimum absolute atomic E-state index is 0. The molecule has 2 atom stereocenters. The van der Waals surface area contributed by atoms with Crippen molar-refractivity contribution in [2.75, 3.05) is 32.8 Å². The van der Waals surface area contributed by atoms with E-state index in [9.17, 15) is 0 Å². The number of aliphatic hydroxyl groups is 1. The van der Waals surface area contributed by atoms with E-state index in [-0.39, 0.29) is 24.8 Å². The van der Waals surface area contributed by atoms with Crippen LogP contribution in [0, 0.1) is 5.92 Å². The summed E-state index contributed by atoms with van der Waals surface area (Å²) in [5.41, 5.74) is 0. The van der Waals surface area contributed by atoms with Gasteiger partial charge in [0.1, 0.15) is 0 Å². The van der Waals surface area contributed by atoms with Crippen LogP contribution in [0.4, 0.5) is 0 Å². The number of halogens is 2. The Bertz CT molecular complexity index is 160. The lowest BCUT2D eigenvalue weighted by Crippen LogP contribution is -2.55. The Labute approximate surface area is 98.1 Å². The van der Waals surface area contributed by atoms with Crippen LogP contribution in [0.3, 0.4) is 0 Å². The average Bonchev–Trinajstić information content (AvgIpc) is 2.17. The molecule has 14 heavy (non-hydrogen) atoms. The van der Waals surface area contributed by atoms with Gasteiger partial charge in [0.05, 0.1) is 0 Å². The highest BCUT2D eigenvalue weighted by atomic mass is 35.5. The Morgan fingerprint density at radius 3 is 2.79 bits per heavy atom. The van der Waals surface area contributed by atoms with Crippen molar-refractivity contribution >= 4 is 24.8 Å². The number of hydrogen-bond donors (Lipinski definition) is 2. The van der Waals surface area contributed by atoms with E-state index in [1.165, 1.54) is 19.4 Å². The van der Waals surface area contributed by atoms with Crippen LogP contribution < -0.4 is 5.32 Å². The molecule has 2 rings (SSSR count). The van der Waals surface area contributed by atoms with Crippen LogP contribution in [-0.2, 0) is 0 Å². The monoisotopic (exact) mass is 242 g/mol. The molecule has 0 amide bonds. The van der Waals surface area contributed by atoms with Crippen molar-refractivity contribution in [3.05, 3.63) is 0 Å². The molecule has 2 fully saturated rings. The predicted octanol–water partition coefficient (Wildman–Crippen LogP) is 0.506. The summed E-state index contributed by atoms with van der Waals surface area (Å²) in [5.74, 6) is 0.541. The SMILES string of the molecule is Cl.Cl.OC[C@@H]1CC[C@H]2CNCCN2C1. The Kier molecular flexibility index (Phi) is 7.08. The van der Waals surface area contributed by atoms with Gasteiger partial charge in [-0.25, -0.2) is 0 Å². The van der Waals surface area contributed by atoms with Gasteiger partial charge in [-0.2, -0.15) is 0 Å². The highest BCUT2D eigenvalue weighted by molar-refractivity contribution is 5.85. The van der Waals surface area contributed by atoms with Crippen LogP contribution in [0.15, 0.2) is 0 Å². The van der Waals surface area contributed by atoms with Crippen molar-refractivity contribution in [3.8, 4) is 0 Å². The molecular weight excluding hydrogens is 223 g/mol. The second-order valence-corrected chi connectivity index (χ2v) is 3.98. The summed E-state index contributed by atoms with van der Waals surface area (Å²) in [5, 5.41) is 12.5. The summed E-state index contributed by atoms with van der Waals surface area (Å²) in [6.07, 6.45) is 2.47. The summed E-state index contributed by atoms with van der Waals surface area (Å²) < 4.78 is 0. The lowest BCUT2D eigenvalue weighted by molar-refractivity contribution is 0.0599. The van der Waals surface area contributed by atoms with Crippen molar-refractivity contribution in [2.24, 2.45) is 5.92 Å². The van der Waals surface area contributed by atoms with Crippen LogP contribution in [-0.4, -0.2) is 48.8 Å². The number of fused-ring (bicyclic) bond motifs is 1. The smallest absolute Gasteiger partial charge is 0.0471 e. The molecule has 0 bridgehead atoms. The molecule has 0 aromatic heterocycles. The van der Waals surface area contributed by atoms with Crippen LogP contribution in [0.1, 0.15) is 12.8 Å². The summed E-state index contributed by atoms with van der Waals surface area (Å²) in [4.78, 5) is 2.53. The van der Waals surface area contributed by atoms with E-state index >= 15 is 0 Å². The topological polar surface area (TPSA) is 35.5 Å². The highest BCUT2D eigenvalue weighted by Crippen LogP contribution is 2.22. The number of nitrogens with one attached hydrogen (secondary N) is 1. The van der Waals surface area contributed by atoms with E-state index < -0.39 is 0 Å². The average molecular weight is 243 g/mol. The highest BCUT2D eigenvalue weighted by Gasteiger charge is 2.29. The normalized spacial score (nSPS) is 32.4. The predicted molar refractivity (Wildman–Crippen MR) is 62.5 cm³/mol. The Morgan fingerprint density at radius 2 is 2.07 bits per heavy atom. The molecule has 0 aromatic rings. The molecule has 0 aliphatic carbocycles. The van der Waals surface area contributed by atoms with Crippen molar-refractivity contribution in [1.29, 1.82) is 0 Å². The molecule has 2 aliphatic rings. The van der Waals surface area contributed by atoms with Crippen LogP contribution in [0.5, 0.6) is 0 Å². The zero-order valence-corrected chi connectivity index (χ0v) is 9.95. The summed E-state index contributed by atoms with van der Waals surface area (Å²) >= 11 is 0. The molecule has 2 heterocycles. The zero-order valence-electron chi connectivity index (χ0n) is 8.32. The molecule has 2 N–H and O–H groups in total. The largest absolute Gasteiger partial charge is 0.396 e. The molecule has 0 unspecified atom stereocenters. The maximum absolute atomic E-state index is 9.04. The molecule has 0 radical (unpaired) electrons. The number of rotatable bonds is 1.